The lowest BCUT2D eigenvalue weighted by Gasteiger charge is -2.38. The van der Waals surface area contributed by atoms with Crippen molar-refractivity contribution in [3.05, 3.63) is 30.4 Å². The van der Waals surface area contributed by atoms with Crippen molar-refractivity contribution in [1.29, 1.82) is 0 Å². The van der Waals surface area contributed by atoms with Crippen molar-refractivity contribution in [3.63, 3.8) is 0 Å². The molecular formula is C12H14N4O2. The number of ether oxygens (including phenoxy) is 1. The normalized spacial score (nSPS) is 17.4. The van der Waals surface area contributed by atoms with Gasteiger partial charge in [-0.05, 0) is 19.1 Å². The van der Waals surface area contributed by atoms with Crippen molar-refractivity contribution >= 4 is 0 Å². The first-order valence-electron chi connectivity index (χ1n) is 5.83. The summed E-state index contributed by atoms with van der Waals surface area (Å²) in [6.45, 7) is 4.12. The summed E-state index contributed by atoms with van der Waals surface area (Å²) in [7, 11) is 0. The van der Waals surface area contributed by atoms with Crippen LogP contribution in [0.2, 0.25) is 0 Å². The van der Waals surface area contributed by atoms with Gasteiger partial charge >= 0.3 is 0 Å². The van der Waals surface area contributed by atoms with Crippen molar-refractivity contribution in [1.82, 2.24) is 20.4 Å². The molecule has 1 aliphatic rings. The number of hydrogen-bond donors (Lipinski definition) is 1. The van der Waals surface area contributed by atoms with Crippen LogP contribution < -0.4 is 5.32 Å². The van der Waals surface area contributed by atoms with Crippen molar-refractivity contribution in [2.75, 3.05) is 13.1 Å². The highest BCUT2D eigenvalue weighted by atomic mass is 16.5. The molecule has 3 heterocycles. The fraction of sp³-hybridized carbons (Fsp3) is 0.417. The zero-order valence-corrected chi connectivity index (χ0v) is 10.1. The molecule has 0 radical (unpaired) electrons. The molecule has 3 rings (SSSR count). The van der Waals surface area contributed by atoms with Crippen LogP contribution in [0.3, 0.4) is 0 Å². The van der Waals surface area contributed by atoms with Gasteiger partial charge in [0.15, 0.2) is 0 Å². The zero-order valence-electron chi connectivity index (χ0n) is 10.1. The van der Waals surface area contributed by atoms with E-state index in [1.807, 2.05) is 12.1 Å². The number of nitrogens with one attached hydrogen (secondary N) is 1. The molecule has 6 nitrogen and oxygen atoms in total. The van der Waals surface area contributed by atoms with Gasteiger partial charge in [0, 0.05) is 31.0 Å². The van der Waals surface area contributed by atoms with Crippen LogP contribution in [0.5, 0.6) is 0 Å². The van der Waals surface area contributed by atoms with E-state index in [9.17, 15) is 0 Å². The van der Waals surface area contributed by atoms with E-state index in [1.54, 1.807) is 12.4 Å². The molecule has 1 N–H and O–H groups in total. The summed E-state index contributed by atoms with van der Waals surface area (Å²) in [6, 6.07) is 3.68. The van der Waals surface area contributed by atoms with Gasteiger partial charge in [-0.1, -0.05) is 5.16 Å². The Morgan fingerprint density at radius 1 is 1.39 bits per heavy atom. The van der Waals surface area contributed by atoms with Gasteiger partial charge in [0.05, 0.1) is 5.60 Å². The van der Waals surface area contributed by atoms with Gasteiger partial charge in [-0.3, -0.25) is 4.98 Å². The molecule has 6 heteroatoms. The topological polar surface area (TPSA) is 73.1 Å². The van der Waals surface area contributed by atoms with E-state index in [0.29, 0.717) is 18.3 Å². The third-order valence-corrected chi connectivity index (χ3v) is 2.95. The van der Waals surface area contributed by atoms with Crippen LogP contribution >= 0.6 is 0 Å². The molecule has 0 spiro atoms. The van der Waals surface area contributed by atoms with E-state index in [2.05, 4.69) is 27.4 Å². The Bertz CT molecular complexity index is 522. The van der Waals surface area contributed by atoms with Crippen molar-refractivity contribution < 1.29 is 9.26 Å². The predicted octanol–water partition coefficient (Wildman–Crippen LogP) is 1.01. The van der Waals surface area contributed by atoms with E-state index in [0.717, 1.165) is 18.7 Å². The van der Waals surface area contributed by atoms with Crippen LogP contribution in [-0.2, 0) is 11.3 Å². The Morgan fingerprint density at radius 3 is 2.83 bits per heavy atom. The number of pyridine rings is 1. The lowest BCUT2D eigenvalue weighted by Crippen LogP contribution is -2.58. The molecule has 0 amide bonds. The second kappa shape index (κ2) is 4.47. The van der Waals surface area contributed by atoms with Gasteiger partial charge in [0.1, 0.15) is 6.61 Å². The first-order valence-corrected chi connectivity index (χ1v) is 5.83. The molecule has 0 unspecified atom stereocenters. The SMILES string of the molecule is CC1(OCc2nc(-c3ccncc3)no2)CNC1. The lowest BCUT2D eigenvalue weighted by molar-refractivity contribution is -0.0841. The maximum atomic E-state index is 5.73. The molecule has 0 bridgehead atoms. The van der Waals surface area contributed by atoms with Crippen LogP contribution in [-0.4, -0.2) is 33.8 Å². The molecule has 2 aromatic heterocycles. The minimum absolute atomic E-state index is 0.106. The van der Waals surface area contributed by atoms with Crippen LogP contribution in [0.1, 0.15) is 12.8 Å². The van der Waals surface area contributed by atoms with E-state index in [1.165, 1.54) is 0 Å². The summed E-state index contributed by atoms with van der Waals surface area (Å²) in [4.78, 5) is 8.24. The van der Waals surface area contributed by atoms with Crippen LogP contribution in [0.25, 0.3) is 11.4 Å². The quantitative estimate of drug-likeness (QED) is 0.868. The van der Waals surface area contributed by atoms with E-state index in [-0.39, 0.29) is 5.60 Å². The molecule has 0 saturated carbocycles. The molecule has 0 aromatic carbocycles. The molecule has 1 fully saturated rings. The molecule has 18 heavy (non-hydrogen) atoms. The summed E-state index contributed by atoms with van der Waals surface area (Å²) in [6.07, 6.45) is 3.39. The average Bonchev–Trinajstić information content (AvgIpc) is 2.84. The maximum Gasteiger partial charge on any atom is 0.252 e. The number of aromatic nitrogens is 3. The smallest absolute Gasteiger partial charge is 0.252 e. The highest BCUT2D eigenvalue weighted by Gasteiger charge is 2.32. The Morgan fingerprint density at radius 2 is 2.17 bits per heavy atom. The molecule has 0 aliphatic carbocycles. The lowest BCUT2D eigenvalue weighted by atomic mass is 10.0. The highest BCUT2D eigenvalue weighted by molar-refractivity contribution is 5.52. The van der Waals surface area contributed by atoms with Crippen LogP contribution in [0.15, 0.2) is 29.0 Å². The number of nitrogens with zero attached hydrogens (tertiary/aromatic N) is 3. The van der Waals surface area contributed by atoms with E-state index in [4.69, 9.17) is 9.26 Å². The minimum Gasteiger partial charge on any atom is -0.363 e. The Kier molecular flexibility index (Phi) is 2.81. The highest BCUT2D eigenvalue weighted by Crippen LogP contribution is 2.19. The predicted molar refractivity (Wildman–Crippen MR) is 63.6 cm³/mol. The Hall–Kier alpha value is -1.79. The largest absolute Gasteiger partial charge is 0.363 e. The second-order valence-electron chi connectivity index (χ2n) is 4.59. The molecule has 2 aromatic rings. The van der Waals surface area contributed by atoms with E-state index < -0.39 is 0 Å². The molecule has 1 aliphatic heterocycles. The van der Waals surface area contributed by atoms with Crippen molar-refractivity contribution in [2.24, 2.45) is 0 Å². The second-order valence-corrected chi connectivity index (χ2v) is 4.59. The molecule has 1 saturated heterocycles. The first-order chi connectivity index (χ1) is 8.75. The third-order valence-electron chi connectivity index (χ3n) is 2.95. The van der Waals surface area contributed by atoms with Crippen LogP contribution in [0, 0.1) is 0 Å². The molecule has 0 atom stereocenters. The van der Waals surface area contributed by atoms with E-state index >= 15 is 0 Å². The Balaban J connectivity index is 1.66. The summed E-state index contributed by atoms with van der Waals surface area (Å²) < 4.78 is 10.9. The van der Waals surface area contributed by atoms with Crippen molar-refractivity contribution in [2.45, 2.75) is 19.1 Å². The van der Waals surface area contributed by atoms with Gasteiger partial charge in [-0.25, -0.2) is 0 Å². The summed E-state index contributed by atoms with van der Waals surface area (Å²) in [5.41, 5.74) is 0.780. The summed E-state index contributed by atoms with van der Waals surface area (Å²) in [5.74, 6) is 1.06. The standard InChI is InChI=1S/C12H14N4O2/c1-12(7-14-8-12)17-6-10-15-11(16-18-10)9-2-4-13-5-3-9/h2-5,14H,6-8H2,1H3. The monoisotopic (exact) mass is 246 g/mol. The zero-order chi connectivity index (χ0) is 12.4. The molecular weight excluding hydrogens is 232 g/mol. The first kappa shape index (κ1) is 11.3. The van der Waals surface area contributed by atoms with Gasteiger partial charge in [0.2, 0.25) is 5.82 Å². The van der Waals surface area contributed by atoms with Crippen LogP contribution in [0.4, 0.5) is 0 Å². The summed E-state index contributed by atoms with van der Waals surface area (Å²) >= 11 is 0. The van der Waals surface area contributed by atoms with Gasteiger partial charge in [0.25, 0.3) is 5.89 Å². The van der Waals surface area contributed by atoms with Gasteiger partial charge in [-0.15, -0.1) is 0 Å². The van der Waals surface area contributed by atoms with Gasteiger partial charge < -0.3 is 14.6 Å². The number of hydrogen-bond acceptors (Lipinski definition) is 6. The minimum atomic E-state index is -0.106. The summed E-state index contributed by atoms with van der Waals surface area (Å²) in [5, 5.41) is 7.09. The Labute approximate surface area is 104 Å². The fourth-order valence-corrected chi connectivity index (χ4v) is 1.75. The van der Waals surface area contributed by atoms with Gasteiger partial charge in [-0.2, -0.15) is 4.98 Å². The average molecular weight is 246 g/mol. The molecule has 94 valence electrons. The third kappa shape index (κ3) is 2.25. The maximum absolute atomic E-state index is 5.73. The number of rotatable bonds is 4. The fourth-order valence-electron chi connectivity index (χ4n) is 1.75. The van der Waals surface area contributed by atoms with Crippen molar-refractivity contribution in [3.8, 4) is 11.4 Å².